The van der Waals surface area contributed by atoms with Crippen LogP contribution in [0.2, 0.25) is 0 Å². The number of amides is 2. The number of ether oxygens (including phenoxy) is 1. The van der Waals surface area contributed by atoms with Crippen LogP contribution < -0.4 is 11.1 Å². The number of likely N-dealkylation sites (N-methyl/N-ethyl adjacent to an activating group) is 1. The number of pyridine rings is 1. The molecule has 3 aromatic heterocycles. The van der Waals surface area contributed by atoms with Gasteiger partial charge in [-0.15, -0.1) is 0 Å². The molecule has 36 heavy (non-hydrogen) atoms. The van der Waals surface area contributed by atoms with Crippen molar-refractivity contribution in [3.63, 3.8) is 0 Å². The number of aromatic nitrogens is 5. The van der Waals surface area contributed by atoms with Crippen LogP contribution in [0.5, 0.6) is 0 Å². The van der Waals surface area contributed by atoms with Crippen molar-refractivity contribution in [2.75, 3.05) is 19.3 Å². The summed E-state index contributed by atoms with van der Waals surface area (Å²) in [6.45, 7) is 3.88. The van der Waals surface area contributed by atoms with Crippen molar-refractivity contribution < 1.29 is 24.5 Å². The second kappa shape index (κ2) is 10.2. The molecule has 188 valence electrons. The Labute approximate surface area is 206 Å². The van der Waals surface area contributed by atoms with Gasteiger partial charge in [0.15, 0.2) is 23.8 Å². The number of fused-ring (bicyclic) bond motifs is 1. The molecule has 1 aliphatic heterocycles. The molecule has 0 saturated carbocycles. The van der Waals surface area contributed by atoms with E-state index in [0.29, 0.717) is 5.56 Å². The number of nitrogens with zero attached hydrogens (tertiary/aromatic N) is 6. The predicted octanol–water partition coefficient (Wildman–Crippen LogP) is -0.929. The summed E-state index contributed by atoms with van der Waals surface area (Å²) in [5.74, 6) is 5.07. The van der Waals surface area contributed by atoms with Gasteiger partial charge in [-0.05, 0) is 31.9 Å². The number of nitrogen functional groups attached to an aromatic ring is 1. The summed E-state index contributed by atoms with van der Waals surface area (Å²) >= 11 is 0. The largest absolute Gasteiger partial charge is 0.387 e. The number of hydrogen-bond acceptors (Lipinski definition) is 10. The molecule has 5 N–H and O–H groups in total. The van der Waals surface area contributed by atoms with Crippen LogP contribution >= 0.6 is 0 Å². The zero-order chi connectivity index (χ0) is 26.0. The summed E-state index contributed by atoms with van der Waals surface area (Å²) in [5, 5.41) is 23.1. The van der Waals surface area contributed by atoms with Crippen molar-refractivity contribution in [1.82, 2.24) is 34.7 Å². The lowest BCUT2D eigenvalue weighted by atomic mass is 10.1. The Bertz CT molecular complexity index is 1330. The molecule has 0 bridgehead atoms. The maximum absolute atomic E-state index is 12.8. The molecule has 1 unspecified atom stereocenters. The van der Waals surface area contributed by atoms with E-state index in [1.54, 1.807) is 29.4 Å². The van der Waals surface area contributed by atoms with Gasteiger partial charge in [-0.2, -0.15) is 0 Å². The van der Waals surface area contributed by atoms with Crippen molar-refractivity contribution >= 4 is 28.8 Å². The van der Waals surface area contributed by atoms with E-state index in [1.165, 1.54) is 17.9 Å². The van der Waals surface area contributed by atoms with Gasteiger partial charge >= 0.3 is 0 Å². The fourth-order valence-electron chi connectivity index (χ4n) is 3.78. The molecule has 4 atom stereocenters. The van der Waals surface area contributed by atoms with Crippen molar-refractivity contribution in [3.05, 3.63) is 42.2 Å². The molecular formula is C23H26N8O5. The van der Waals surface area contributed by atoms with E-state index in [2.05, 4.69) is 37.1 Å². The smallest absolute Gasteiger partial charge is 0.254 e. The van der Waals surface area contributed by atoms with E-state index >= 15 is 0 Å². The fraction of sp³-hybridized carbons (Fsp3) is 0.391. The van der Waals surface area contributed by atoms with Gasteiger partial charge in [0, 0.05) is 31.0 Å². The Balaban J connectivity index is 1.60. The minimum Gasteiger partial charge on any atom is -0.387 e. The van der Waals surface area contributed by atoms with Crippen LogP contribution in [-0.2, 0) is 9.53 Å². The molecule has 0 spiro atoms. The maximum atomic E-state index is 12.8. The zero-order valence-corrected chi connectivity index (χ0v) is 19.9. The Morgan fingerprint density at radius 2 is 1.97 bits per heavy atom. The third kappa shape index (κ3) is 4.69. The van der Waals surface area contributed by atoms with Crippen LogP contribution in [0, 0.1) is 11.8 Å². The van der Waals surface area contributed by atoms with Crippen LogP contribution in [0.1, 0.15) is 36.3 Å². The lowest BCUT2D eigenvalue weighted by Gasteiger charge is -2.24. The molecule has 2 amide bonds. The number of anilines is 1. The molecule has 13 heteroatoms. The number of carbonyl (C=O) groups excluding carboxylic acids is 2. The predicted molar refractivity (Wildman–Crippen MR) is 127 cm³/mol. The third-order valence-electron chi connectivity index (χ3n) is 5.73. The normalized spacial score (nSPS) is 21.3. The van der Waals surface area contributed by atoms with Gasteiger partial charge in [0.05, 0.1) is 12.9 Å². The Morgan fingerprint density at radius 3 is 2.64 bits per heavy atom. The van der Waals surface area contributed by atoms with Crippen molar-refractivity contribution in [3.8, 4) is 11.8 Å². The molecule has 13 nitrogen and oxygen atoms in total. The topological polar surface area (TPSA) is 182 Å². The van der Waals surface area contributed by atoms with Crippen LogP contribution in [0.3, 0.4) is 0 Å². The van der Waals surface area contributed by atoms with E-state index < -0.39 is 30.4 Å². The SMILES string of the molecule is CNC(=O)[C@H]1O[C@@H](n2cnc3c(N)nc(C#CCN(C(=O)c4ccncc4)C(C)C)nc32)[C@H](O)C1O. The number of rotatable bonds is 5. The van der Waals surface area contributed by atoms with E-state index in [0.717, 1.165) is 0 Å². The average Bonchev–Trinajstić information content (AvgIpc) is 3.42. The lowest BCUT2D eigenvalue weighted by molar-refractivity contribution is -0.137. The van der Waals surface area contributed by atoms with Crippen LogP contribution in [0.4, 0.5) is 5.82 Å². The molecule has 0 aromatic carbocycles. The number of hydrogen-bond donors (Lipinski definition) is 4. The number of imidazole rings is 1. The first-order valence-corrected chi connectivity index (χ1v) is 11.2. The number of nitrogens with two attached hydrogens (primary N) is 1. The van der Waals surface area contributed by atoms with Crippen LogP contribution in [-0.4, -0.2) is 89.4 Å². The number of aliphatic hydroxyl groups is 2. The Kier molecular flexibility index (Phi) is 7.11. The third-order valence-corrected chi connectivity index (χ3v) is 5.73. The monoisotopic (exact) mass is 494 g/mol. The van der Waals surface area contributed by atoms with Crippen molar-refractivity contribution in [1.29, 1.82) is 0 Å². The van der Waals surface area contributed by atoms with E-state index in [4.69, 9.17) is 10.5 Å². The van der Waals surface area contributed by atoms with E-state index in [1.807, 2.05) is 13.8 Å². The first kappa shape index (κ1) is 25.0. The Morgan fingerprint density at radius 1 is 1.25 bits per heavy atom. The van der Waals surface area contributed by atoms with Crippen molar-refractivity contribution in [2.24, 2.45) is 0 Å². The summed E-state index contributed by atoms with van der Waals surface area (Å²) in [5.41, 5.74) is 6.99. The quantitative estimate of drug-likeness (QED) is 0.323. The summed E-state index contributed by atoms with van der Waals surface area (Å²) in [6.07, 6.45) is -0.864. The van der Waals surface area contributed by atoms with Crippen LogP contribution in [0.25, 0.3) is 11.2 Å². The second-order valence-electron chi connectivity index (χ2n) is 8.36. The summed E-state index contributed by atoms with van der Waals surface area (Å²) in [7, 11) is 1.40. The fourth-order valence-corrected chi connectivity index (χ4v) is 3.78. The molecule has 1 saturated heterocycles. The molecule has 4 rings (SSSR count). The number of aliphatic hydroxyl groups excluding tert-OH is 2. The molecular weight excluding hydrogens is 468 g/mol. The number of nitrogens with one attached hydrogen (secondary N) is 1. The Hall–Kier alpha value is -4.12. The molecule has 0 radical (unpaired) electrons. The van der Waals surface area contributed by atoms with E-state index in [-0.39, 0.29) is 41.3 Å². The summed E-state index contributed by atoms with van der Waals surface area (Å²) in [4.78, 5) is 43.1. The maximum Gasteiger partial charge on any atom is 0.254 e. The van der Waals surface area contributed by atoms with Gasteiger partial charge in [-0.1, -0.05) is 5.92 Å². The average molecular weight is 495 g/mol. The number of carbonyl (C=O) groups is 2. The minimum atomic E-state index is -1.45. The summed E-state index contributed by atoms with van der Waals surface area (Å²) in [6, 6.07) is 3.15. The van der Waals surface area contributed by atoms with Crippen molar-refractivity contribution in [2.45, 2.75) is 44.4 Å². The lowest BCUT2D eigenvalue weighted by Crippen LogP contribution is -2.41. The van der Waals surface area contributed by atoms with Gasteiger partial charge in [-0.25, -0.2) is 15.0 Å². The summed E-state index contributed by atoms with van der Waals surface area (Å²) < 4.78 is 6.97. The standard InChI is InChI=1S/C23H26N8O5/c1-12(2)30(22(35)13-6-8-26-9-7-13)10-4-5-14-28-19(24)15-20(29-14)31(11-27-15)23-17(33)16(32)18(36-23)21(34)25-3/h6-9,11-12,16-18,23,32-33H,10H2,1-3H3,(H,25,34)(H2,24,28,29)/t16?,17-,18+,23-/m1/s1. The molecule has 0 aliphatic carbocycles. The van der Waals surface area contributed by atoms with Gasteiger partial charge < -0.3 is 30.9 Å². The highest BCUT2D eigenvalue weighted by molar-refractivity contribution is 5.94. The van der Waals surface area contributed by atoms with Gasteiger partial charge in [0.25, 0.3) is 11.8 Å². The van der Waals surface area contributed by atoms with Gasteiger partial charge in [-0.3, -0.25) is 19.1 Å². The molecule has 1 fully saturated rings. The highest BCUT2D eigenvalue weighted by Gasteiger charge is 2.47. The molecule has 3 aromatic rings. The highest BCUT2D eigenvalue weighted by atomic mass is 16.6. The van der Waals surface area contributed by atoms with Crippen LogP contribution in [0.15, 0.2) is 30.9 Å². The second-order valence-corrected chi connectivity index (χ2v) is 8.36. The molecule has 4 heterocycles. The van der Waals surface area contributed by atoms with Gasteiger partial charge in [0.1, 0.15) is 17.7 Å². The highest BCUT2D eigenvalue weighted by Crippen LogP contribution is 2.32. The van der Waals surface area contributed by atoms with Gasteiger partial charge in [0.2, 0.25) is 5.82 Å². The first-order chi connectivity index (χ1) is 17.2. The van der Waals surface area contributed by atoms with E-state index in [9.17, 15) is 19.8 Å². The minimum absolute atomic E-state index is 0.0486. The molecule has 1 aliphatic rings. The first-order valence-electron chi connectivity index (χ1n) is 11.2. The zero-order valence-electron chi connectivity index (χ0n) is 19.9.